The van der Waals surface area contributed by atoms with Crippen molar-refractivity contribution in [3.8, 4) is 0 Å². The van der Waals surface area contributed by atoms with E-state index >= 15 is 0 Å². The van der Waals surface area contributed by atoms with Gasteiger partial charge in [0, 0.05) is 25.1 Å². The highest BCUT2D eigenvalue weighted by Crippen LogP contribution is 2.27. The fourth-order valence-electron chi connectivity index (χ4n) is 2.48. The zero-order valence-corrected chi connectivity index (χ0v) is 12.7. The van der Waals surface area contributed by atoms with E-state index in [1.54, 1.807) is 0 Å². The topological polar surface area (TPSA) is 53.1 Å². The van der Waals surface area contributed by atoms with Crippen molar-refractivity contribution in [3.63, 3.8) is 0 Å². The van der Waals surface area contributed by atoms with Crippen LogP contribution in [0, 0.1) is 5.92 Å². The van der Waals surface area contributed by atoms with Crippen molar-refractivity contribution in [1.29, 1.82) is 0 Å². The second-order valence-electron chi connectivity index (χ2n) is 4.87. The zero-order chi connectivity index (χ0) is 13.1. The minimum Gasteiger partial charge on any atom is -0.381 e. The molecule has 5 heteroatoms. The number of nitrogens with two attached hydrogens (primary N) is 1. The van der Waals surface area contributed by atoms with E-state index in [9.17, 15) is 0 Å². The molecule has 102 valence electrons. The predicted molar refractivity (Wildman–Crippen MR) is 75.6 cm³/mol. The molecule has 2 atom stereocenters. The number of hydrogen-bond donors (Lipinski definition) is 1. The highest BCUT2D eigenvalue weighted by Gasteiger charge is 2.26. The van der Waals surface area contributed by atoms with Crippen LogP contribution in [-0.4, -0.2) is 29.0 Å². The number of rotatable bonds is 4. The third-order valence-corrected chi connectivity index (χ3v) is 4.60. The summed E-state index contributed by atoms with van der Waals surface area (Å²) in [5.41, 5.74) is 8.58. The summed E-state index contributed by atoms with van der Waals surface area (Å²) in [6, 6.07) is 0.246. The second-order valence-corrected chi connectivity index (χ2v) is 5.66. The maximum atomic E-state index is 6.18. The first-order chi connectivity index (χ1) is 8.67. The lowest BCUT2D eigenvalue weighted by molar-refractivity contribution is 0.0414. The third-order valence-electron chi connectivity index (χ3n) is 3.68. The van der Waals surface area contributed by atoms with Crippen molar-refractivity contribution in [3.05, 3.63) is 15.9 Å². The quantitative estimate of drug-likeness (QED) is 0.926. The molecule has 1 aromatic rings. The number of aryl methyl sites for hydroxylation is 2. The number of hydrogen-bond acceptors (Lipinski definition) is 3. The van der Waals surface area contributed by atoms with Crippen LogP contribution in [0.2, 0.25) is 0 Å². The number of nitrogens with zero attached hydrogens (tertiary/aromatic N) is 2. The molecule has 2 N–H and O–H groups in total. The Kier molecular flexibility index (Phi) is 4.81. The van der Waals surface area contributed by atoms with Crippen molar-refractivity contribution in [2.45, 2.75) is 45.7 Å². The molecule has 1 aromatic heterocycles. The molecule has 1 fully saturated rings. The fraction of sp³-hybridized carbons (Fsp3) is 0.769. The molecule has 18 heavy (non-hydrogen) atoms. The van der Waals surface area contributed by atoms with Gasteiger partial charge in [-0.3, -0.25) is 4.68 Å². The Morgan fingerprint density at radius 2 is 2.28 bits per heavy atom. The molecule has 2 unspecified atom stereocenters. The zero-order valence-electron chi connectivity index (χ0n) is 11.2. The van der Waals surface area contributed by atoms with Gasteiger partial charge in [-0.25, -0.2) is 0 Å². The summed E-state index contributed by atoms with van der Waals surface area (Å²) in [4.78, 5) is 0. The molecule has 1 saturated heterocycles. The lowest BCUT2D eigenvalue weighted by Crippen LogP contribution is -2.40. The van der Waals surface area contributed by atoms with Crippen molar-refractivity contribution >= 4 is 15.9 Å². The van der Waals surface area contributed by atoms with Gasteiger partial charge in [-0.05, 0) is 42.1 Å². The summed E-state index contributed by atoms with van der Waals surface area (Å²) in [6.45, 7) is 6.72. The van der Waals surface area contributed by atoms with Crippen molar-refractivity contribution in [2.75, 3.05) is 13.2 Å². The minimum absolute atomic E-state index is 0.246. The van der Waals surface area contributed by atoms with Crippen LogP contribution < -0.4 is 5.73 Å². The van der Waals surface area contributed by atoms with Crippen LogP contribution >= 0.6 is 15.9 Å². The summed E-state index contributed by atoms with van der Waals surface area (Å²) >= 11 is 3.68. The van der Waals surface area contributed by atoms with Crippen molar-refractivity contribution < 1.29 is 4.74 Å². The van der Waals surface area contributed by atoms with Crippen LogP contribution in [0.4, 0.5) is 0 Å². The Morgan fingerprint density at radius 3 is 2.89 bits per heavy atom. The standard InChI is InChI=1S/C13H22BrN3O/c1-3-11-13(14)12(17(4-2)16-11)7-9-8-18-6-5-10(9)15/h9-10H,3-8,15H2,1-2H3. The average molecular weight is 316 g/mol. The molecule has 0 aromatic carbocycles. The molecule has 4 nitrogen and oxygen atoms in total. The molecular weight excluding hydrogens is 294 g/mol. The largest absolute Gasteiger partial charge is 0.381 e. The van der Waals surface area contributed by atoms with Crippen LogP contribution in [0.1, 0.15) is 31.7 Å². The van der Waals surface area contributed by atoms with E-state index in [0.717, 1.165) is 49.2 Å². The molecule has 1 aliphatic rings. The second kappa shape index (κ2) is 6.17. The summed E-state index contributed by atoms with van der Waals surface area (Å²) < 4.78 is 8.79. The minimum atomic E-state index is 0.246. The molecule has 1 aliphatic heterocycles. The van der Waals surface area contributed by atoms with Gasteiger partial charge in [0.15, 0.2) is 0 Å². The highest BCUT2D eigenvalue weighted by atomic mass is 79.9. The van der Waals surface area contributed by atoms with E-state index in [1.807, 2.05) is 0 Å². The Morgan fingerprint density at radius 1 is 1.50 bits per heavy atom. The molecule has 0 saturated carbocycles. The third kappa shape index (κ3) is 2.78. The normalized spacial score (nSPS) is 24.4. The first-order valence-corrected chi connectivity index (χ1v) is 7.54. The lowest BCUT2D eigenvalue weighted by Gasteiger charge is -2.28. The van der Waals surface area contributed by atoms with Gasteiger partial charge in [-0.2, -0.15) is 5.10 Å². The molecule has 0 radical (unpaired) electrons. The van der Waals surface area contributed by atoms with Crippen LogP contribution in [-0.2, 0) is 24.1 Å². The Hall–Kier alpha value is -0.390. The number of aromatic nitrogens is 2. The summed E-state index contributed by atoms with van der Waals surface area (Å²) in [7, 11) is 0. The smallest absolute Gasteiger partial charge is 0.0766 e. The van der Waals surface area contributed by atoms with E-state index in [4.69, 9.17) is 10.5 Å². The predicted octanol–water partition coefficient (Wildman–Crippen LogP) is 2.13. The maximum Gasteiger partial charge on any atom is 0.0766 e. The van der Waals surface area contributed by atoms with Crippen LogP contribution in [0.3, 0.4) is 0 Å². The summed E-state index contributed by atoms with van der Waals surface area (Å²) in [5, 5.41) is 4.63. The average Bonchev–Trinajstić information content (AvgIpc) is 2.69. The van der Waals surface area contributed by atoms with E-state index in [-0.39, 0.29) is 6.04 Å². The van der Waals surface area contributed by atoms with Gasteiger partial charge in [0.05, 0.1) is 22.5 Å². The van der Waals surface area contributed by atoms with Crippen LogP contribution in [0.5, 0.6) is 0 Å². The van der Waals surface area contributed by atoms with E-state index in [2.05, 4.69) is 39.6 Å². The maximum absolute atomic E-state index is 6.18. The number of halogens is 1. The van der Waals surface area contributed by atoms with Gasteiger partial charge in [0.2, 0.25) is 0 Å². The highest BCUT2D eigenvalue weighted by molar-refractivity contribution is 9.10. The molecule has 0 amide bonds. The van der Waals surface area contributed by atoms with Crippen LogP contribution in [0.15, 0.2) is 4.47 Å². The van der Waals surface area contributed by atoms with Gasteiger partial charge < -0.3 is 10.5 Å². The molecule has 2 heterocycles. The van der Waals surface area contributed by atoms with Crippen LogP contribution in [0.25, 0.3) is 0 Å². The molecule has 0 aliphatic carbocycles. The fourth-order valence-corrected chi connectivity index (χ4v) is 3.21. The molecule has 0 bridgehead atoms. The van der Waals surface area contributed by atoms with Gasteiger partial charge in [-0.1, -0.05) is 6.92 Å². The van der Waals surface area contributed by atoms with Crippen molar-refractivity contribution in [1.82, 2.24) is 9.78 Å². The van der Waals surface area contributed by atoms with E-state index in [1.165, 1.54) is 5.69 Å². The lowest BCUT2D eigenvalue weighted by atomic mass is 9.92. The first kappa shape index (κ1) is 14.0. The van der Waals surface area contributed by atoms with Gasteiger partial charge in [0.25, 0.3) is 0 Å². The van der Waals surface area contributed by atoms with Gasteiger partial charge in [-0.15, -0.1) is 0 Å². The summed E-state index contributed by atoms with van der Waals surface area (Å²) in [5.74, 6) is 0.404. The number of ether oxygens (including phenoxy) is 1. The van der Waals surface area contributed by atoms with Gasteiger partial charge in [0.1, 0.15) is 0 Å². The van der Waals surface area contributed by atoms with E-state index < -0.39 is 0 Å². The molecular formula is C13H22BrN3O. The van der Waals surface area contributed by atoms with E-state index in [0.29, 0.717) is 5.92 Å². The Labute approximate surface area is 117 Å². The Balaban J connectivity index is 2.19. The van der Waals surface area contributed by atoms with Crippen molar-refractivity contribution in [2.24, 2.45) is 11.7 Å². The molecule has 0 spiro atoms. The monoisotopic (exact) mass is 315 g/mol. The Bertz CT molecular complexity index is 405. The molecule has 2 rings (SSSR count). The van der Waals surface area contributed by atoms with Gasteiger partial charge >= 0.3 is 0 Å². The summed E-state index contributed by atoms with van der Waals surface area (Å²) in [6.07, 6.45) is 2.86. The SMILES string of the molecule is CCc1nn(CC)c(CC2COCCC2N)c1Br. The first-order valence-electron chi connectivity index (χ1n) is 6.74.